The van der Waals surface area contributed by atoms with Gasteiger partial charge in [0.1, 0.15) is 0 Å². The monoisotopic (exact) mass is 709 g/mol. The summed E-state index contributed by atoms with van der Waals surface area (Å²) in [5.74, 6) is 0.111. The van der Waals surface area contributed by atoms with E-state index in [1.165, 1.54) is 10.1 Å². The van der Waals surface area contributed by atoms with Crippen LogP contribution in [0, 0.1) is 0 Å². The van der Waals surface area contributed by atoms with Crippen LogP contribution < -0.4 is 0 Å². The molecule has 3 nitrogen and oxygen atoms in total. The molecule has 3 aromatic heterocycles. The molecule has 0 spiro atoms. The Bertz CT molecular complexity index is 3870. The first-order chi connectivity index (χ1) is 29.3. The van der Waals surface area contributed by atoms with Gasteiger partial charge in [-0.1, -0.05) is 127 Å². The Hall–Kier alpha value is -6.88. The van der Waals surface area contributed by atoms with E-state index in [1.54, 1.807) is 11.3 Å². The van der Waals surface area contributed by atoms with E-state index in [9.17, 15) is 5.48 Å². The Labute approximate surface area is 322 Å². The van der Waals surface area contributed by atoms with Crippen LogP contribution in [0.2, 0.25) is 0 Å². The predicted molar refractivity (Wildman–Crippen MR) is 230 cm³/mol. The smallest absolute Gasteiger partial charge is 0.161 e. The predicted octanol–water partition coefficient (Wildman–Crippen LogP) is 13.9. The normalized spacial score (nSPS) is 13.6. The Morgan fingerprint density at radius 1 is 0.481 bits per heavy atom. The summed E-state index contributed by atoms with van der Waals surface area (Å²) < 4.78 is 60.8. The van der Waals surface area contributed by atoms with Gasteiger partial charge in [-0.2, -0.15) is 0 Å². The first-order valence-electron chi connectivity index (χ1n) is 20.8. The maximum atomic E-state index is 9.92. The highest BCUT2D eigenvalue weighted by Gasteiger charge is 2.20. The van der Waals surface area contributed by atoms with Crippen molar-refractivity contribution >= 4 is 96.5 Å². The van der Waals surface area contributed by atoms with E-state index in [0.717, 1.165) is 64.4 Å². The van der Waals surface area contributed by atoms with Crippen molar-refractivity contribution in [1.82, 2.24) is 14.5 Å². The number of rotatable bonds is 3. The van der Waals surface area contributed by atoms with Gasteiger partial charge in [0.25, 0.3) is 0 Å². The minimum absolute atomic E-state index is 0.0809. The van der Waals surface area contributed by atoms with Gasteiger partial charge in [-0.3, -0.25) is 0 Å². The van der Waals surface area contributed by atoms with Gasteiger partial charge in [0.2, 0.25) is 0 Å². The van der Waals surface area contributed by atoms with Crippen molar-refractivity contribution in [2.75, 3.05) is 0 Å². The summed E-state index contributed by atoms with van der Waals surface area (Å²) in [6, 6.07) is 44.8. The number of fused-ring (bicyclic) bond motifs is 11. The quantitative estimate of drug-likeness (QED) is 0.183. The van der Waals surface area contributed by atoms with Gasteiger partial charge in [0.05, 0.1) is 36.2 Å². The molecular formula is C50H29N3S. The molecule has 0 bridgehead atoms. The minimum Gasteiger partial charge on any atom is -0.309 e. The third kappa shape index (κ3) is 4.29. The minimum atomic E-state index is -0.438. The highest BCUT2D eigenvalue weighted by molar-refractivity contribution is 7.25. The molecule has 250 valence electrons. The first kappa shape index (κ1) is 24.4. The van der Waals surface area contributed by atoms with Crippen molar-refractivity contribution in [2.24, 2.45) is 0 Å². The third-order valence-electron chi connectivity index (χ3n) is 10.7. The molecule has 0 unspecified atom stereocenters. The average molecular weight is 710 g/mol. The molecule has 3 heterocycles. The summed E-state index contributed by atoms with van der Waals surface area (Å²) >= 11 is 1.71. The molecule has 4 heteroatoms. The molecule has 0 fully saturated rings. The fraction of sp³-hybridized carbons (Fsp3) is 0. The molecule has 12 rings (SSSR count). The van der Waals surface area contributed by atoms with Gasteiger partial charge < -0.3 is 4.57 Å². The second-order valence-electron chi connectivity index (χ2n) is 13.7. The second-order valence-corrected chi connectivity index (χ2v) is 14.8. The van der Waals surface area contributed by atoms with E-state index in [0.29, 0.717) is 11.2 Å². The van der Waals surface area contributed by atoms with Crippen LogP contribution >= 0.6 is 11.3 Å². The lowest BCUT2D eigenvalue weighted by Gasteiger charge is -2.15. The fourth-order valence-corrected chi connectivity index (χ4v) is 9.40. The Morgan fingerprint density at radius 2 is 1.20 bits per heavy atom. The van der Waals surface area contributed by atoms with Crippen LogP contribution in [0.5, 0.6) is 0 Å². The molecule has 0 aliphatic carbocycles. The van der Waals surface area contributed by atoms with Gasteiger partial charge in [0.15, 0.2) is 5.82 Å². The van der Waals surface area contributed by atoms with Crippen molar-refractivity contribution in [3.63, 3.8) is 0 Å². The Morgan fingerprint density at radius 3 is 2.09 bits per heavy atom. The number of para-hydroxylation sites is 1. The van der Waals surface area contributed by atoms with Crippen LogP contribution in [-0.4, -0.2) is 14.5 Å². The Balaban J connectivity index is 1.21. The number of aromatic nitrogens is 3. The van der Waals surface area contributed by atoms with Crippen LogP contribution in [0.4, 0.5) is 0 Å². The highest BCUT2D eigenvalue weighted by atomic mass is 32.1. The van der Waals surface area contributed by atoms with E-state index in [-0.39, 0.29) is 52.0 Å². The van der Waals surface area contributed by atoms with E-state index >= 15 is 0 Å². The summed E-state index contributed by atoms with van der Waals surface area (Å²) in [7, 11) is 0. The first-order valence-corrected chi connectivity index (χ1v) is 18.7. The molecule has 9 aromatic carbocycles. The molecule has 54 heavy (non-hydrogen) atoms. The van der Waals surface area contributed by atoms with Crippen molar-refractivity contribution in [1.29, 1.82) is 0 Å². The average Bonchev–Trinajstić information content (AvgIpc) is 3.81. The molecule has 0 N–H and O–H groups in total. The molecule has 12 aromatic rings. The summed E-state index contributed by atoms with van der Waals surface area (Å²) in [6.45, 7) is 0. The molecule has 0 saturated heterocycles. The summed E-state index contributed by atoms with van der Waals surface area (Å²) in [5, 5.41) is 9.32. The van der Waals surface area contributed by atoms with Gasteiger partial charge in [0, 0.05) is 52.8 Å². The van der Waals surface area contributed by atoms with Gasteiger partial charge in [-0.15, -0.1) is 11.3 Å². The van der Waals surface area contributed by atoms with E-state index < -0.39 is 12.1 Å². The van der Waals surface area contributed by atoms with Crippen molar-refractivity contribution in [2.45, 2.75) is 0 Å². The maximum Gasteiger partial charge on any atom is 0.161 e. The molecule has 0 radical (unpaired) electrons. The van der Waals surface area contributed by atoms with Crippen molar-refractivity contribution in [3.05, 3.63) is 176 Å². The van der Waals surface area contributed by atoms with Crippen LogP contribution in [0.25, 0.3) is 114 Å². The number of hydrogen-bond donors (Lipinski definition) is 0. The van der Waals surface area contributed by atoms with Crippen LogP contribution in [0.1, 0.15) is 8.22 Å². The summed E-state index contributed by atoms with van der Waals surface area (Å²) in [4.78, 5) is 10.2. The van der Waals surface area contributed by atoms with Crippen LogP contribution in [0.3, 0.4) is 0 Å². The largest absolute Gasteiger partial charge is 0.309 e. The second kappa shape index (κ2) is 11.3. The van der Waals surface area contributed by atoms with Crippen LogP contribution in [0.15, 0.2) is 176 Å². The number of thiophene rings is 1. The molecule has 0 aliphatic heterocycles. The van der Waals surface area contributed by atoms with Gasteiger partial charge >= 0.3 is 0 Å². The van der Waals surface area contributed by atoms with Crippen molar-refractivity contribution < 1.29 is 8.22 Å². The molecular weight excluding hydrogens is 675 g/mol. The summed E-state index contributed by atoms with van der Waals surface area (Å²) in [5.41, 5.74) is 3.88. The Kier molecular flexibility index (Phi) is 5.11. The number of nitrogens with zero attached hydrogens (tertiary/aromatic N) is 3. The zero-order valence-electron chi connectivity index (χ0n) is 34.5. The topological polar surface area (TPSA) is 30.7 Å². The molecule has 0 aliphatic rings. The molecule has 0 saturated carbocycles. The van der Waals surface area contributed by atoms with Gasteiger partial charge in [-0.05, 0) is 75.4 Å². The number of benzene rings is 9. The van der Waals surface area contributed by atoms with E-state index in [2.05, 4.69) is 54.6 Å². The third-order valence-corrected chi connectivity index (χ3v) is 11.8. The summed E-state index contributed by atoms with van der Waals surface area (Å²) in [6.07, 6.45) is 0. The van der Waals surface area contributed by atoms with Gasteiger partial charge in [-0.25, -0.2) is 9.97 Å². The fourth-order valence-electron chi connectivity index (χ4n) is 8.25. The standard InChI is InChI=1S/C50H29N3S/c1-2-13-32-28-45-41(27-31(32)12-1)48-34-14-4-3-11-30(34)22-25-44(48)53(45)43-26-24-39(35-15-5-6-16-36(35)43)50-51-42-19-9-7-18-40(42)49(52-50)33-21-23-38-37-17-8-10-20-46(37)54-47(38)29-33/h1-29H/i5D,6D,15D,16D,24D,26D. The lowest BCUT2D eigenvalue weighted by molar-refractivity contribution is 1.19. The maximum absolute atomic E-state index is 9.92. The lowest BCUT2D eigenvalue weighted by Crippen LogP contribution is -1.99. The SMILES string of the molecule is [2H]c1c([2H])c([2H])c2c(-n3c4cc5ccccc5cc4c4c5ccccc5ccc43)c([2H])c([2H])c(-c3nc(-c4ccc5c(c4)sc4ccccc45)c4ccccc4n3)c2c1[2H]. The zero-order valence-corrected chi connectivity index (χ0v) is 29.3. The van der Waals surface area contributed by atoms with Crippen molar-refractivity contribution in [3.8, 4) is 28.3 Å². The highest BCUT2D eigenvalue weighted by Crippen LogP contribution is 2.42. The zero-order chi connectivity index (χ0) is 40.6. The lowest BCUT2D eigenvalue weighted by atomic mass is 10.0. The number of hydrogen-bond acceptors (Lipinski definition) is 3. The van der Waals surface area contributed by atoms with E-state index in [4.69, 9.17) is 12.7 Å². The van der Waals surface area contributed by atoms with Crippen LogP contribution in [-0.2, 0) is 0 Å². The molecule has 0 amide bonds. The molecule has 0 atom stereocenters. The van der Waals surface area contributed by atoms with E-state index in [1.807, 2.05) is 89.5 Å².